The Labute approximate surface area is 161 Å². The molecule has 0 spiro atoms. The molecule has 2 aromatic heterocycles. The fraction of sp³-hybridized carbons (Fsp3) is 0.444. The molecular weight excluding hydrogens is 370 g/mol. The Morgan fingerprint density at radius 3 is 2.58 bits per heavy atom. The smallest absolute Gasteiger partial charge is 0.306 e. The fourth-order valence-electron chi connectivity index (χ4n) is 2.43. The van der Waals surface area contributed by atoms with Gasteiger partial charge in [-0.25, -0.2) is 9.97 Å². The van der Waals surface area contributed by atoms with Crippen LogP contribution in [0.5, 0.6) is 0 Å². The van der Waals surface area contributed by atoms with Crippen LogP contribution in [0.4, 0.5) is 0 Å². The van der Waals surface area contributed by atoms with Gasteiger partial charge >= 0.3 is 5.97 Å². The second-order valence-corrected chi connectivity index (χ2v) is 7.59. The highest BCUT2D eigenvalue weighted by Gasteiger charge is 2.18. The third-order valence-corrected chi connectivity index (χ3v) is 5.28. The van der Waals surface area contributed by atoms with Crippen molar-refractivity contribution in [3.63, 3.8) is 0 Å². The molecule has 2 aromatic rings. The minimum absolute atomic E-state index is 0.187. The van der Waals surface area contributed by atoms with Gasteiger partial charge in [0.1, 0.15) is 0 Å². The van der Waals surface area contributed by atoms with Gasteiger partial charge in [-0.2, -0.15) is 0 Å². The van der Waals surface area contributed by atoms with Crippen molar-refractivity contribution >= 4 is 35.0 Å². The molecule has 0 aliphatic heterocycles. The number of nitrogens with one attached hydrogen (secondary N) is 1. The SMILES string of the molecule is CSc1nc(C)c(CCC(=O)O[C@H](C)C(=O)NCc2cccs2)c(C)n1. The second kappa shape index (κ2) is 9.68. The molecule has 0 unspecified atom stereocenters. The molecule has 0 radical (unpaired) electrons. The van der Waals surface area contributed by atoms with Crippen LogP contribution < -0.4 is 5.32 Å². The van der Waals surface area contributed by atoms with Gasteiger partial charge in [0.2, 0.25) is 0 Å². The van der Waals surface area contributed by atoms with Crippen molar-refractivity contribution in [3.8, 4) is 0 Å². The van der Waals surface area contributed by atoms with Crippen LogP contribution in [0.25, 0.3) is 0 Å². The van der Waals surface area contributed by atoms with Gasteiger partial charge in [-0.05, 0) is 50.5 Å². The van der Waals surface area contributed by atoms with E-state index < -0.39 is 12.1 Å². The molecule has 6 nitrogen and oxygen atoms in total. The number of hydrogen-bond donors (Lipinski definition) is 1. The van der Waals surface area contributed by atoms with E-state index in [-0.39, 0.29) is 12.3 Å². The zero-order chi connectivity index (χ0) is 19.1. The molecule has 140 valence electrons. The van der Waals surface area contributed by atoms with Crippen LogP contribution in [0.15, 0.2) is 22.7 Å². The van der Waals surface area contributed by atoms with Crippen molar-refractivity contribution in [2.75, 3.05) is 6.26 Å². The summed E-state index contributed by atoms with van der Waals surface area (Å²) in [6, 6.07) is 3.87. The maximum Gasteiger partial charge on any atom is 0.306 e. The van der Waals surface area contributed by atoms with E-state index in [4.69, 9.17) is 4.74 Å². The molecule has 0 aromatic carbocycles. The number of nitrogens with zero attached hydrogens (tertiary/aromatic N) is 2. The number of aryl methyl sites for hydroxylation is 2. The third-order valence-electron chi connectivity index (χ3n) is 3.86. The predicted octanol–water partition coefficient (Wildman–Crippen LogP) is 3.06. The van der Waals surface area contributed by atoms with Crippen LogP contribution in [-0.2, 0) is 27.3 Å². The summed E-state index contributed by atoms with van der Waals surface area (Å²) in [7, 11) is 0. The Morgan fingerprint density at radius 1 is 1.31 bits per heavy atom. The Balaban J connectivity index is 1.81. The lowest BCUT2D eigenvalue weighted by atomic mass is 10.1. The normalized spacial score (nSPS) is 11.8. The number of ether oxygens (including phenoxy) is 1. The van der Waals surface area contributed by atoms with Gasteiger partial charge in [-0.1, -0.05) is 17.8 Å². The number of rotatable bonds is 8. The molecule has 2 rings (SSSR count). The first kappa shape index (κ1) is 20.4. The Kier molecular flexibility index (Phi) is 7.59. The third kappa shape index (κ3) is 5.81. The molecule has 0 bridgehead atoms. The summed E-state index contributed by atoms with van der Waals surface area (Å²) in [6.45, 7) is 5.84. The summed E-state index contributed by atoms with van der Waals surface area (Å²) in [5.41, 5.74) is 2.70. The minimum atomic E-state index is -0.820. The van der Waals surface area contributed by atoms with Crippen molar-refractivity contribution in [1.29, 1.82) is 0 Å². The van der Waals surface area contributed by atoms with Gasteiger partial charge in [0.15, 0.2) is 11.3 Å². The maximum absolute atomic E-state index is 12.1. The first-order valence-corrected chi connectivity index (χ1v) is 10.4. The van der Waals surface area contributed by atoms with Crippen LogP contribution in [-0.4, -0.2) is 34.2 Å². The number of thiophene rings is 1. The van der Waals surface area contributed by atoms with Crippen LogP contribution in [0.3, 0.4) is 0 Å². The average Bonchev–Trinajstić information content (AvgIpc) is 3.12. The average molecular weight is 394 g/mol. The zero-order valence-corrected chi connectivity index (χ0v) is 17.0. The van der Waals surface area contributed by atoms with Gasteiger partial charge in [-0.3, -0.25) is 9.59 Å². The van der Waals surface area contributed by atoms with Gasteiger partial charge < -0.3 is 10.1 Å². The molecule has 1 amide bonds. The van der Waals surface area contributed by atoms with E-state index in [1.165, 1.54) is 11.8 Å². The maximum atomic E-state index is 12.1. The topological polar surface area (TPSA) is 81.2 Å². The molecular formula is C18H23N3O3S2. The van der Waals surface area contributed by atoms with Crippen molar-refractivity contribution in [3.05, 3.63) is 39.3 Å². The second-order valence-electron chi connectivity index (χ2n) is 5.79. The molecule has 1 N–H and O–H groups in total. The number of aromatic nitrogens is 2. The van der Waals surface area contributed by atoms with Crippen molar-refractivity contribution in [1.82, 2.24) is 15.3 Å². The number of esters is 1. The molecule has 0 saturated carbocycles. The van der Waals surface area contributed by atoms with Gasteiger partial charge in [-0.15, -0.1) is 11.3 Å². The van der Waals surface area contributed by atoms with E-state index >= 15 is 0 Å². The molecule has 1 atom stereocenters. The quantitative estimate of drug-likeness (QED) is 0.422. The summed E-state index contributed by atoms with van der Waals surface area (Å²) in [5, 5.41) is 5.44. The highest BCUT2D eigenvalue weighted by atomic mass is 32.2. The van der Waals surface area contributed by atoms with Crippen LogP contribution in [0, 0.1) is 13.8 Å². The number of amides is 1. The van der Waals surface area contributed by atoms with Gasteiger partial charge in [0.25, 0.3) is 5.91 Å². The number of thioether (sulfide) groups is 1. The first-order chi connectivity index (χ1) is 12.4. The molecule has 8 heteroatoms. The monoisotopic (exact) mass is 393 g/mol. The molecule has 0 fully saturated rings. The Hall–Kier alpha value is -1.93. The van der Waals surface area contributed by atoms with Crippen LogP contribution >= 0.6 is 23.1 Å². The van der Waals surface area contributed by atoms with Crippen molar-refractivity contribution in [2.45, 2.75) is 51.4 Å². The lowest BCUT2D eigenvalue weighted by Crippen LogP contribution is -2.35. The molecule has 0 aliphatic carbocycles. The van der Waals surface area contributed by atoms with Crippen molar-refractivity contribution in [2.24, 2.45) is 0 Å². The van der Waals surface area contributed by atoms with Gasteiger partial charge in [0, 0.05) is 22.7 Å². The minimum Gasteiger partial charge on any atom is -0.453 e. The van der Waals surface area contributed by atoms with E-state index in [1.807, 2.05) is 37.6 Å². The molecule has 0 saturated heterocycles. The van der Waals surface area contributed by atoms with Crippen LogP contribution in [0.1, 0.15) is 35.2 Å². The number of carbonyl (C=O) groups is 2. The fourth-order valence-corrected chi connectivity index (χ4v) is 3.53. The van der Waals surface area contributed by atoms with E-state index in [0.717, 1.165) is 27.0 Å². The highest BCUT2D eigenvalue weighted by molar-refractivity contribution is 7.98. The number of hydrogen-bond acceptors (Lipinski definition) is 7. The molecule has 0 aliphatic rings. The van der Waals surface area contributed by atoms with Crippen molar-refractivity contribution < 1.29 is 14.3 Å². The lowest BCUT2D eigenvalue weighted by molar-refractivity contribution is -0.154. The van der Waals surface area contributed by atoms with Crippen LogP contribution in [0.2, 0.25) is 0 Å². The highest BCUT2D eigenvalue weighted by Crippen LogP contribution is 2.17. The van der Waals surface area contributed by atoms with E-state index in [1.54, 1.807) is 18.3 Å². The largest absolute Gasteiger partial charge is 0.453 e. The van der Waals surface area contributed by atoms with E-state index in [0.29, 0.717) is 13.0 Å². The molecule has 26 heavy (non-hydrogen) atoms. The number of carbonyl (C=O) groups excluding carboxylic acids is 2. The van der Waals surface area contributed by atoms with Gasteiger partial charge in [0.05, 0.1) is 6.54 Å². The summed E-state index contributed by atoms with van der Waals surface area (Å²) in [5.74, 6) is -0.705. The zero-order valence-electron chi connectivity index (χ0n) is 15.4. The lowest BCUT2D eigenvalue weighted by Gasteiger charge is -2.14. The Morgan fingerprint density at radius 2 is 2.00 bits per heavy atom. The summed E-state index contributed by atoms with van der Waals surface area (Å²) in [6.07, 6.45) is 1.79. The molecule has 2 heterocycles. The first-order valence-electron chi connectivity index (χ1n) is 8.28. The predicted molar refractivity (Wildman–Crippen MR) is 103 cm³/mol. The standard InChI is InChI=1S/C18H23N3O3S2/c1-11-15(12(2)21-18(20-11)25-4)7-8-16(22)24-13(3)17(23)19-10-14-6-5-9-26-14/h5-6,9,13H,7-8,10H2,1-4H3,(H,19,23)/t13-/m1/s1. The summed E-state index contributed by atoms with van der Waals surface area (Å²) in [4.78, 5) is 33.9. The Bertz CT molecular complexity index is 740. The van der Waals surface area contributed by atoms with E-state index in [2.05, 4.69) is 15.3 Å². The summed E-state index contributed by atoms with van der Waals surface area (Å²) >= 11 is 3.05. The summed E-state index contributed by atoms with van der Waals surface area (Å²) < 4.78 is 5.24. The van der Waals surface area contributed by atoms with E-state index in [9.17, 15) is 9.59 Å².